The SMILES string of the molecule is CNC(=O)C1COCCN1c1cnccc1C(N)=S. The Morgan fingerprint density at radius 3 is 3.16 bits per heavy atom. The summed E-state index contributed by atoms with van der Waals surface area (Å²) in [7, 11) is 1.60. The van der Waals surface area contributed by atoms with Gasteiger partial charge in [0.25, 0.3) is 0 Å². The van der Waals surface area contributed by atoms with Crippen molar-refractivity contribution < 1.29 is 9.53 Å². The zero-order valence-corrected chi connectivity index (χ0v) is 11.4. The number of thiocarbonyl (C=S) groups is 1. The van der Waals surface area contributed by atoms with E-state index in [-0.39, 0.29) is 5.91 Å². The molecule has 1 saturated heterocycles. The van der Waals surface area contributed by atoms with Gasteiger partial charge in [-0.05, 0) is 6.07 Å². The van der Waals surface area contributed by atoms with Crippen LogP contribution in [0.3, 0.4) is 0 Å². The van der Waals surface area contributed by atoms with Crippen LogP contribution >= 0.6 is 12.2 Å². The van der Waals surface area contributed by atoms with Gasteiger partial charge in [0, 0.05) is 25.4 Å². The molecule has 1 unspecified atom stereocenters. The monoisotopic (exact) mass is 280 g/mol. The molecule has 1 fully saturated rings. The van der Waals surface area contributed by atoms with Crippen molar-refractivity contribution in [2.45, 2.75) is 6.04 Å². The molecule has 1 aliphatic rings. The van der Waals surface area contributed by atoms with Crippen LogP contribution in [0.5, 0.6) is 0 Å². The van der Waals surface area contributed by atoms with Crippen molar-refractivity contribution >= 4 is 28.8 Å². The number of anilines is 1. The van der Waals surface area contributed by atoms with Crippen LogP contribution in [0.1, 0.15) is 5.56 Å². The predicted octanol–water partition coefficient (Wildman–Crippen LogP) is -0.333. The van der Waals surface area contributed by atoms with Crippen molar-refractivity contribution in [2.75, 3.05) is 31.7 Å². The third-order valence-corrected chi connectivity index (χ3v) is 3.27. The number of aromatic nitrogens is 1. The molecule has 3 N–H and O–H groups in total. The Kier molecular flexibility index (Phi) is 4.28. The maximum atomic E-state index is 11.9. The summed E-state index contributed by atoms with van der Waals surface area (Å²) in [6.45, 7) is 1.49. The fourth-order valence-corrected chi connectivity index (χ4v) is 2.27. The number of likely N-dealkylation sites (N-methyl/N-ethyl adjacent to an activating group) is 1. The number of carbonyl (C=O) groups is 1. The fourth-order valence-electron chi connectivity index (χ4n) is 2.10. The van der Waals surface area contributed by atoms with Crippen LogP contribution in [0.4, 0.5) is 5.69 Å². The second-order valence-electron chi connectivity index (χ2n) is 4.16. The molecule has 1 aromatic heterocycles. The number of carbonyl (C=O) groups excluding carboxylic acids is 1. The molecule has 102 valence electrons. The molecule has 0 radical (unpaired) electrons. The van der Waals surface area contributed by atoms with Crippen molar-refractivity contribution in [1.82, 2.24) is 10.3 Å². The van der Waals surface area contributed by atoms with Gasteiger partial charge in [-0.3, -0.25) is 9.78 Å². The zero-order valence-electron chi connectivity index (χ0n) is 10.6. The molecular formula is C12H16N4O2S. The smallest absolute Gasteiger partial charge is 0.244 e. The number of amides is 1. The maximum Gasteiger partial charge on any atom is 0.244 e. The summed E-state index contributed by atoms with van der Waals surface area (Å²) >= 11 is 5.04. The average Bonchev–Trinajstić information content (AvgIpc) is 2.46. The van der Waals surface area contributed by atoms with Gasteiger partial charge < -0.3 is 20.7 Å². The molecule has 2 rings (SSSR count). The minimum Gasteiger partial charge on any atom is -0.389 e. The van der Waals surface area contributed by atoms with E-state index in [1.165, 1.54) is 0 Å². The van der Waals surface area contributed by atoms with Gasteiger partial charge in [-0.25, -0.2) is 0 Å². The van der Waals surface area contributed by atoms with E-state index in [0.29, 0.717) is 24.7 Å². The minimum atomic E-state index is -0.393. The molecule has 0 spiro atoms. The van der Waals surface area contributed by atoms with Gasteiger partial charge >= 0.3 is 0 Å². The molecule has 7 heteroatoms. The molecule has 1 aliphatic heterocycles. The van der Waals surface area contributed by atoms with Crippen LogP contribution in [-0.2, 0) is 9.53 Å². The highest BCUT2D eigenvalue weighted by molar-refractivity contribution is 7.80. The lowest BCUT2D eigenvalue weighted by Gasteiger charge is -2.36. The Hall–Kier alpha value is -1.73. The van der Waals surface area contributed by atoms with Gasteiger partial charge in [0.2, 0.25) is 5.91 Å². The third kappa shape index (κ3) is 2.82. The fraction of sp³-hybridized carbons (Fsp3) is 0.417. The molecule has 0 bridgehead atoms. The standard InChI is InChI=1S/C12H16N4O2S/c1-14-12(17)10-7-18-5-4-16(10)9-6-15-3-2-8(9)11(13)19/h2-3,6,10H,4-5,7H2,1H3,(H2,13,19)(H,14,17). The second kappa shape index (κ2) is 5.94. The summed E-state index contributed by atoms with van der Waals surface area (Å²) in [4.78, 5) is 18.2. The lowest BCUT2D eigenvalue weighted by molar-refractivity contribution is -0.124. The number of nitrogens with one attached hydrogen (secondary N) is 1. The molecule has 6 nitrogen and oxygen atoms in total. The van der Waals surface area contributed by atoms with Crippen LogP contribution < -0.4 is 16.0 Å². The Labute approximate surface area is 116 Å². The van der Waals surface area contributed by atoms with E-state index in [0.717, 1.165) is 11.3 Å². The molecule has 0 aliphatic carbocycles. The van der Waals surface area contributed by atoms with Gasteiger partial charge in [0.1, 0.15) is 11.0 Å². The van der Waals surface area contributed by atoms with Crippen molar-refractivity contribution in [3.8, 4) is 0 Å². The quantitative estimate of drug-likeness (QED) is 0.738. The number of nitrogens with zero attached hydrogens (tertiary/aromatic N) is 2. The van der Waals surface area contributed by atoms with E-state index >= 15 is 0 Å². The number of pyridine rings is 1. The molecule has 19 heavy (non-hydrogen) atoms. The third-order valence-electron chi connectivity index (χ3n) is 3.05. The Morgan fingerprint density at radius 1 is 1.68 bits per heavy atom. The maximum absolute atomic E-state index is 11.9. The van der Waals surface area contributed by atoms with E-state index < -0.39 is 6.04 Å². The van der Waals surface area contributed by atoms with Gasteiger partial charge in [-0.2, -0.15) is 0 Å². The van der Waals surface area contributed by atoms with Crippen molar-refractivity contribution in [3.05, 3.63) is 24.0 Å². The number of hydrogen-bond donors (Lipinski definition) is 2. The molecule has 0 aromatic carbocycles. The molecule has 0 saturated carbocycles. The first-order valence-corrected chi connectivity index (χ1v) is 6.35. The van der Waals surface area contributed by atoms with E-state index in [9.17, 15) is 4.79 Å². The van der Waals surface area contributed by atoms with Crippen LogP contribution in [-0.4, -0.2) is 48.7 Å². The summed E-state index contributed by atoms with van der Waals surface area (Å²) in [5.74, 6) is -0.0996. The first kappa shape index (κ1) is 13.7. The van der Waals surface area contributed by atoms with E-state index in [4.69, 9.17) is 22.7 Å². The molecule has 1 atom stereocenters. The minimum absolute atomic E-state index is 0.0996. The molecule has 1 aromatic rings. The first-order valence-electron chi connectivity index (χ1n) is 5.95. The molecule has 1 amide bonds. The number of nitrogens with two attached hydrogens (primary N) is 1. The van der Waals surface area contributed by atoms with Crippen LogP contribution in [0.25, 0.3) is 0 Å². The largest absolute Gasteiger partial charge is 0.389 e. The van der Waals surface area contributed by atoms with Crippen LogP contribution in [0, 0.1) is 0 Å². The van der Waals surface area contributed by atoms with Gasteiger partial charge in [-0.15, -0.1) is 0 Å². The Morgan fingerprint density at radius 2 is 2.47 bits per heavy atom. The predicted molar refractivity (Wildman–Crippen MR) is 76.1 cm³/mol. The van der Waals surface area contributed by atoms with Crippen molar-refractivity contribution in [3.63, 3.8) is 0 Å². The number of rotatable bonds is 3. The summed E-state index contributed by atoms with van der Waals surface area (Å²) in [6.07, 6.45) is 3.31. The Balaban J connectivity index is 2.37. The first-order chi connectivity index (χ1) is 9.15. The summed E-state index contributed by atoms with van der Waals surface area (Å²) < 4.78 is 5.37. The van der Waals surface area contributed by atoms with Gasteiger partial charge in [0.05, 0.1) is 25.1 Å². The summed E-state index contributed by atoms with van der Waals surface area (Å²) in [5, 5.41) is 2.64. The second-order valence-corrected chi connectivity index (χ2v) is 4.60. The highest BCUT2D eigenvalue weighted by Crippen LogP contribution is 2.23. The average molecular weight is 280 g/mol. The topological polar surface area (TPSA) is 80.5 Å². The zero-order chi connectivity index (χ0) is 13.8. The summed E-state index contributed by atoms with van der Waals surface area (Å²) in [6, 6.07) is 1.37. The van der Waals surface area contributed by atoms with Crippen LogP contribution in [0.15, 0.2) is 18.5 Å². The summed E-state index contributed by atoms with van der Waals surface area (Å²) in [5.41, 5.74) is 7.21. The van der Waals surface area contributed by atoms with E-state index in [1.807, 2.05) is 4.90 Å². The van der Waals surface area contributed by atoms with E-state index in [1.54, 1.807) is 25.5 Å². The number of ether oxygens (including phenoxy) is 1. The molecule has 2 heterocycles. The number of hydrogen-bond acceptors (Lipinski definition) is 5. The van der Waals surface area contributed by atoms with Crippen molar-refractivity contribution in [1.29, 1.82) is 0 Å². The van der Waals surface area contributed by atoms with Crippen LogP contribution in [0.2, 0.25) is 0 Å². The van der Waals surface area contributed by atoms with Gasteiger partial charge in [-0.1, -0.05) is 12.2 Å². The van der Waals surface area contributed by atoms with Crippen molar-refractivity contribution in [2.24, 2.45) is 5.73 Å². The normalized spacial score (nSPS) is 19.0. The Bertz CT molecular complexity index is 494. The highest BCUT2D eigenvalue weighted by atomic mass is 32.1. The lowest BCUT2D eigenvalue weighted by Crippen LogP contribution is -2.53. The van der Waals surface area contributed by atoms with E-state index in [2.05, 4.69) is 10.3 Å². The molecular weight excluding hydrogens is 264 g/mol. The highest BCUT2D eigenvalue weighted by Gasteiger charge is 2.30. The van der Waals surface area contributed by atoms with Gasteiger partial charge in [0.15, 0.2) is 0 Å². The number of morpholine rings is 1. The lowest BCUT2D eigenvalue weighted by atomic mass is 10.1.